The maximum atomic E-state index is 12.7. The number of nitrogens with zero attached hydrogens (tertiary/aromatic N) is 1. The fourth-order valence-corrected chi connectivity index (χ4v) is 1.54. The lowest BCUT2D eigenvalue weighted by atomic mass is 10.1. The molecule has 0 aliphatic rings. The molecule has 0 atom stereocenters. The van der Waals surface area contributed by atoms with Crippen molar-refractivity contribution < 1.29 is 9.50 Å². The molecule has 0 aromatic heterocycles. The average molecular weight is 256 g/mol. The van der Waals surface area contributed by atoms with Gasteiger partial charge in [0.05, 0.1) is 6.61 Å². The van der Waals surface area contributed by atoms with Crippen LogP contribution in [0, 0.1) is 5.82 Å². The van der Waals surface area contributed by atoms with Gasteiger partial charge in [0, 0.05) is 20.1 Å². The number of aliphatic hydroxyl groups is 1. The molecule has 5 heteroatoms. The van der Waals surface area contributed by atoms with Crippen LogP contribution in [0.2, 0.25) is 0 Å². The maximum Gasteiger partial charge on any atom is 0.168 e. The second-order valence-electron chi connectivity index (χ2n) is 3.75. The molecule has 0 bridgehead atoms. The first-order valence-electron chi connectivity index (χ1n) is 5.47. The molecule has 0 amide bonds. The molecule has 0 spiro atoms. The Morgan fingerprint density at radius 2 is 2.06 bits per heavy atom. The third-order valence-corrected chi connectivity index (χ3v) is 2.84. The third-order valence-electron chi connectivity index (χ3n) is 2.39. The van der Waals surface area contributed by atoms with E-state index in [1.807, 2.05) is 7.05 Å². The summed E-state index contributed by atoms with van der Waals surface area (Å²) in [6.45, 7) is 1.29. The number of benzene rings is 1. The summed E-state index contributed by atoms with van der Waals surface area (Å²) in [6, 6.07) is 6.42. The molecule has 1 rings (SSSR count). The minimum Gasteiger partial charge on any atom is -0.395 e. The molecule has 1 aromatic rings. The fraction of sp³-hybridized carbons (Fsp3) is 0.417. The van der Waals surface area contributed by atoms with Crippen LogP contribution in [-0.4, -0.2) is 41.9 Å². The number of rotatable bonds is 5. The van der Waals surface area contributed by atoms with Gasteiger partial charge in [0.1, 0.15) is 5.82 Å². The summed E-state index contributed by atoms with van der Waals surface area (Å²) in [5.41, 5.74) is 1.06. The largest absolute Gasteiger partial charge is 0.395 e. The van der Waals surface area contributed by atoms with E-state index in [0.29, 0.717) is 18.2 Å². The van der Waals surface area contributed by atoms with E-state index in [-0.39, 0.29) is 12.4 Å². The van der Waals surface area contributed by atoms with Crippen molar-refractivity contribution in [3.8, 4) is 0 Å². The molecule has 1 aromatic carbocycles. The summed E-state index contributed by atoms with van der Waals surface area (Å²) < 4.78 is 12.7. The van der Waals surface area contributed by atoms with Crippen molar-refractivity contribution >= 4 is 17.3 Å². The summed E-state index contributed by atoms with van der Waals surface area (Å²) in [6.07, 6.45) is 0.785. The van der Waals surface area contributed by atoms with Crippen molar-refractivity contribution in [2.24, 2.45) is 0 Å². The van der Waals surface area contributed by atoms with Crippen molar-refractivity contribution in [2.45, 2.75) is 6.42 Å². The Hall–Kier alpha value is -1.20. The van der Waals surface area contributed by atoms with Crippen LogP contribution in [0.4, 0.5) is 4.39 Å². The first-order chi connectivity index (χ1) is 8.13. The number of nitrogens with one attached hydrogen (secondary N) is 1. The molecule has 94 valence electrons. The third kappa shape index (κ3) is 5.10. The molecule has 0 aliphatic heterocycles. The number of hydrogen-bond acceptors (Lipinski definition) is 2. The van der Waals surface area contributed by atoms with Gasteiger partial charge in [-0.25, -0.2) is 4.39 Å². The van der Waals surface area contributed by atoms with E-state index in [0.717, 1.165) is 12.0 Å². The number of likely N-dealkylation sites (N-methyl/N-ethyl adjacent to an activating group) is 1. The van der Waals surface area contributed by atoms with E-state index >= 15 is 0 Å². The molecule has 0 saturated heterocycles. The fourth-order valence-electron chi connectivity index (χ4n) is 1.35. The van der Waals surface area contributed by atoms with Gasteiger partial charge in [-0.05, 0) is 36.3 Å². The maximum absolute atomic E-state index is 12.7. The molecule has 0 radical (unpaired) electrons. The van der Waals surface area contributed by atoms with E-state index < -0.39 is 0 Å². The number of thiocarbonyl (C=S) groups is 1. The Morgan fingerprint density at radius 3 is 2.65 bits per heavy atom. The highest BCUT2D eigenvalue weighted by Crippen LogP contribution is 2.02. The van der Waals surface area contributed by atoms with E-state index in [4.69, 9.17) is 17.3 Å². The summed E-state index contributed by atoms with van der Waals surface area (Å²) in [5.74, 6) is -0.222. The highest BCUT2D eigenvalue weighted by atomic mass is 32.1. The monoisotopic (exact) mass is 256 g/mol. The zero-order valence-corrected chi connectivity index (χ0v) is 10.6. The SMILES string of the molecule is CN(CCO)C(=S)NCCc1ccc(F)cc1. The minimum absolute atomic E-state index is 0.0796. The van der Waals surface area contributed by atoms with Gasteiger partial charge in [0.2, 0.25) is 0 Å². The molecule has 0 unspecified atom stereocenters. The van der Waals surface area contributed by atoms with Crippen LogP contribution < -0.4 is 5.32 Å². The predicted octanol–water partition coefficient (Wildman–Crippen LogP) is 1.17. The summed E-state index contributed by atoms with van der Waals surface area (Å²) in [5, 5.41) is 12.4. The van der Waals surface area contributed by atoms with Gasteiger partial charge in [0.15, 0.2) is 5.11 Å². The van der Waals surface area contributed by atoms with Gasteiger partial charge in [-0.3, -0.25) is 0 Å². The topological polar surface area (TPSA) is 35.5 Å². The molecule has 0 saturated carbocycles. The standard InChI is InChI=1S/C12H17FN2OS/c1-15(8-9-16)12(17)14-7-6-10-2-4-11(13)5-3-10/h2-5,16H,6-9H2,1H3,(H,14,17). The van der Waals surface area contributed by atoms with Crippen molar-refractivity contribution in [1.82, 2.24) is 10.2 Å². The predicted molar refractivity (Wildman–Crippen MR) is 70.4 cm³/mol. The van der Waals surface area contributed by atoms with Crippen LogP contribution >= 0.6 is 12.2 Å². The van der Waals surface area contributed by atoms with Crippen LogP contribution in [0.25, 0.3) is 0 Å². The zero-order chi connectivity index (χ0) is 12.7. The van der Waals surface area contributed by atoms with Gasteiger partial charge in [-0.15, -0.1) is 0 Å². The Bertz CT molecular complexity index is 356. The zero-order valence-electron chi connectivity index (χ0n) is 9.82. The van der Waals surface area contributed by atoms with Crippen LogP contribution in [0.1, 0.15) is 5.56 Å². The summed E-state index contributed by atoms with van der Waals surface area (Å²) >= 11 is 5.12. The van der Waals surface area contributed by atoms with Gasteiger partial charge < -0.3 is 15.3 Å². The van der Waals surface area contributed by atoms with Crippen LogP contribution in [0.5, 0.6) is 0 Å². The highest BCUT2D eigenvalue weighted by Gasteiger charge is 2.02. The van der Waals surface area contributed by atoms with Crippen molar-refractivity contribution in [1.29, 1.82) is 0 Å². The molecular weight excluding hydrogens is 239 g/mol. The van der Waals surface area contributed by atoms with E-state index in [9.17, 15) is 4.39 Å². The molecule has 3 nitrogen and oxygen atoms in total. The van der Waals surface area contributed by atoms with Gasteiger partial charge in [0.25, 0.3) is 0 Å². The van der Waals surface area contributed by atoms with Crippen LogP contribution in [0.15, 0.2) is 24.3 Å². The first-order valence-corrected chi connectivity index (χ1v) is 5.88. The van der Waals surface area contributed by atoms with E-state index in [2.05, 4.69) is 5.32 Å². The Morgan fingerprint density at radius 1 is 1.41 bits per heavy atom. The van der Waals surface area contributed by atoms with E-state index in [1.54, 1.807) is 17.0 Å². The van der Waals surface area contributed by atoms with Crippen LogP contribution in [-0.2, 0) is 6.42 Å². The Kier molecular flexibility index (Phi) is 5.86. The van der Waals surface area contributed by atoms with Gasteiger partial charge >= 0.3 is 0 Å². The average Bonchev–Trinajstić information content (AvgIpc) is 2.32. The van der Waals surface area contributed by atoms with Crippen molar-refractivity contribution in [3.05, 3.63) is 35.6 Å². The molecule has 17 heavy (non-hydrogen) atoms. The molecule has 0 fully saturated rings. The smallest absolute Gasteiger partial charge is 0.168 e. The number of halogens is 1. The van der Waals surface area contributed by atoms with Crippen LogP contribution in [0.3, 0.4) is 0 Å². The normalized spacial score (nSPS) is 10.1. The lowest BCUT2D eigenvalue weighted by Gasteiger charge is -2.19. The number of hydrogen-bond donors (Lipinski definition) is 2. The lowest BCUT2D eigenvalue weighted by Crippen LogP contribution is -2.39. The lowest BCUT2D eigenvalue weighted by molar-refractivity contribution is 0.263. The quantitative estimate of drug-likeness (QED) is 0.775. The minimum atomic E-state index is -0.222. The van der Waals surface area contributed by atoms with E-state index in [1.165, 1.54) is 12.1 Å². The summed E-state index contributed by atoms with van der Waals surface area (Å²) in [7, 11) is 1.82. The van der Waals surface area contributed by atoms with Crippen molar-refractivity contribution in [2.75, 3.05) is 26.7 Å². The molecule has 2 N–H and O–H groups in total. The Labute approximate surface area is 106 Å². The molecule has 0 aliphatic carbocycles. The highest BCUT2D eigenvalue weighted by molar-refractivity contribution is 7.80. The number of aliphatic hydroxyl groups excluding tert-OH is 1. The second kappa shape index (κ2) is 7.19. The molecule has 0 heterocycles. The van der Waals surface area contributed by atoms with Gasteiger partial charge in [-0.1, -0.05) is 12.1 Å². The van der Waals surface area contributed by atoms with Gasteiger partial charge in [-0.2, -0.15) is 0 Å². The first kappa shape index (κ1) is 13.9. The molecular formula is C12H17FN2OS. The summed E-state index contributed by atoms with van der Waals surface area (Å²) in [4.78, 5) is 1.78. The second-order valence-corrected chi connectivity index (χ2v) is 4.14. The van der Waals surface area contributed by atoms with Crippen molar-refractivity contribution in [3.63, 3.8) is 0 Å². The Balaban J connectivity index is 2.28.